The number of nitrogens with two attached hydrogens (primary N) is 1. The lowest BCUT2D eigenvalue weighted by atomic mass is 9.94. The van der Waals surface area contributed by atoms with E-state index >= 15 is 0 Å². The van der Waals surface area contributed by atoms with E-state index in [1.807, 2.05) is 0 Å². The van der Waals surface area contributed by atoms with E-state index in [1.165, 1.54) is 0 Å². The van der Waals surface area contributed by atoms with Crippen LogP contribution >= 0.6 is 0 Å². The van der Waals surface area contributed by atoms with Crippen LogP contribution in [0.1, 0.15) is 47.0 Å². The van der Waals surface area contributed by atoms with Gasteiger partial charge in [-0.25, -0.2) is 0 Å². The summed E-state index contributed by atoms with van der Waals surface area (Å²) in [7, 11) is 2.10. The zero-order valence-electron chi connectivity index (χ0n) is 13.4. The Kier molecular flexibility index (Phi) is 9.88. The summed E-state index contributed by atoms with van der Waals surface area (Å²) in [5.74, 6) is 1.04. The van der Waals surface area contributed by atoms with Gasteiger partial charge < -0.3 is 16.0 Å². The molecule has 0 rings (SSSR count). The number of carbonyl (C=O) groups is 1. The first kappa shape index (κ1) is 18.4. The maximum atomic E-state index is 11.8. The van der Waals surface area contributed by atoms with Crippen LogP contribution < -0.4 is 11.1 Å². The fourth-order valence-electron chi connectivity index (χ4n) is 2.17. The second-order valence-electron chi connectivity index (χ2n) is 6.02. The molecule has 0 radical (unpaired) electrons. The monoisotopic (exact) mass is 271 g/mol. The van der Waals surface area contributed by atoms with E-state index in [-0.39, 0.29) is 5.91 Å². The van der Waals surface area contributed by atoms with E-state index in [0.717, 1.165) is 25.9 Å². The number of hydrogen-bond acceptors (Lipinski definition) is 3. The first-order chi connectivity index (χ1) is 8.90. The number of likely N-dealkylation sites (N-methyl/N-ethyl adjacent to an activating group) is 1. The van der Waals surface area contributed by atoms with Crippen LogP contribution in [0, 0.1) is 11.8 Å². The second kappa shape index (κ2) is 10.2. The van der Waals surface area contributed by atoms with Crippen LogP contribution in [-0.4, -0.2) is 43.5 Å². The van der Waals surface area contributed by atoms with Gasteiger partial charge in [0.1, 0.15) is 0 Å². The molecule has 4 heteroatoms. The largest absolute Gasteiger partial charge is 0.355 e. The number of nitrogens with zero attached hydrogens (tertiary/aromatic N) is 1. The first-order valence-corrected chi connectivity index (χ1v) is 7.57. The van der Waals surface area contributed by atoms with Crippen molar-refractivity contribution in [3.05, 3.63) is 0 Å². The third-order valence-electron chi connectivity index (χ3n) is 3.74. The van der Waals surface area contributed by atoms with Gasteiger partial charge in [0, 0.05) is 25.6 Å². The second-order valence-corrected chi connectivity index (χ2v) is 6.02. The molecule has 0 heterocycles. The van der Waals surface area contributed by atoms with Gasteiger partial charge in [0.25, 0.3) is 0 Å². The van der Waals surface area contributed by atoms with Crippen molar-refractivity contribution < 1.29 is 4.79 Å². The average Bonchev–Trinajstić information content (AvgIpc) is 2.36. The average molecular weight is 271 g/mol. The van der Waals surface area contributed by atoms with E-state index in [2.05, 4.69) is 45.0 Å². The van der Waals surface area contributed by atoms with Crippen molar-refractivity contribution >= 4 is 5.91 Å². The summed E-state index contributed by atoms with van der Waals surface area (Å²) in [6.07, 6.45) is 2.71. The maximum Gasteiger partial charge on any atom is 0.220 e. The van der Waals surface area contributed by atoms with E-state index in [9.17, 15) is 4.79 Å². The Morgan fingerprint density at radius 3 is 2.42 bits per heavy atom. The molecule has 0 aromatic carbocycles. The highest BCUT2D eigenvalue weighted by Crippen LogP contribution is 2.13. The number of hydrogen-bond donors (Lipinski definition) is 2. The Balaban J connectivity index is 3.85. The Bertz CT molecular complexity index is 244. The Labute approximate surface area is 119 Å². The van der Waals surface area contributed by atoms with E-state index in [4.69, 9.17) is 5.73 Å². The standard InChI is InChI=1S/C15H33N3O/c1-6-13(4)18(5)8-7-17-15(19)10-14(11-16)9-12(2)3/h12-14H,6-11,16H2,1-5H3,(H,17,19)/t13?,14-/m0/s1. The lowest BCUT2D eigenvalue weighted by Crippen LogP contribution is -2.38. The molecule has 1 unspecified atom stereocenters. The Morgan fingerprint density at radius 2 is 1.95 bits per heavy atom. The van der Waals surface area contributed by atoms with Gasteiger partial charge in [-0.2, -0.15) is 0 Å². The molecule has 114 valence electrons. The quantitative estimate of drug-likeness (QED) is 0.637. The number of amides is 1. The molecule has 0 aliphatic heterocycles. The minimum atomic E-state index is 0.133. The van der Waals surface area contributed by atoms with Crippen LogP contribution in [0.3, 0.4) is 0 Å². The molecule has 1 amide bonds. The molecule has 19 heavy (non-hydrogen) atoms. The van der Waals surface area contributed by atoms with Gasteiger partial charge in [0.15, 0.2) is 0 Å². The molecule has 0 aromatic rings. The van der Waals surface area contributed by atoms with Crippen LogP contribution in [0.25, 0.3) is 0 Å². The summed E-state index contributed by atoms with van der Waals surface area (Å²) in [6, 6.07) is 0.564. The summed E-state index contributed by atoms with van der Waals surface area (Å²) in [5, 5.41) is 2.99. The SMILES string of the molecule is CCC(C)N(C)CCNC(=O)C[C@@H](CN)CC(C)C. The molecule has 0 fully saturated rings. The highest BCUT2D eigenvalue weighted by Gasteiger charge is 2.14. The molecule has 3 N–H and O–H groups in total. The van der Waals surface area contributed by atoms with Crippen molar-refractivity contribution in [2.45, 2.75) is 53.0 Å². The lowest BCUT2D eigenvalue weighted by molar-refractivity contribution is -0.122. The Morgan fingerprint density at radius 1 is 1.32 bits per heavy atom. The smallest absolute Gasteiger partial charge is 0.220 e. The Hall–Kier alpha value is -0.610. The van der Waals surface area contributed by atoms with Gasteiger partial charge in [-0.15, -0.1) is 0 Å². The van der Waals surface area contributed by atoms with Crippen molar-refractivity contribution in [1.29, 1.82) is 0 Å². The molecule has 0 bridgehead atoms. The topological polar surface area (TPSA) is 58.4 Å². The summed E-state index contributed by atoms with van der Waals surface area (Å²) >= 11 is 0. The molecule has 4 nitrogen and oxygen atoms in total. The van der Waals surface area contributed by atoms with Gasteiger partial charge in [-0.1, -0.05) is 20.8 Å². The molecule has 0 aliphatic carbocycles. The van der Waals surface area contributed by atoms with Gasteiger partial charge in [-0.05, 0) is 45.2 Å². The van der Waals surface area contributed by atoms with Crippen LogP contribution in [0.5, 0.6) is 0 Å². The predicted octanol–water partition coefficient (Wildman–Crippen LogP) is 1.84. The minimum absolute atomic E-state index is 0.133. The van der Waals surface area contributed by atoms with Crippen molar-refractivity contribution in [2.24, 2.45) is 17.6 Å². The first-order valence-electron chi connectivity index (χ1n) is 7.57. The van der Waals surface area contributed by atoms with Gasteiger partial charge in [0.05, 0.1) is 0 Å². The van der Waals surface area contributed by atoms with Crippen LogP contribution in [-0.2, 0) is 4.79 Å². The van der Waals surface area contributed by atoms with Gasteiger partial charge >= 0.3 is 0 Å². The molecule has 2 atom stereocenters. The third-order valence-corrected chi connectivity index (χ3v) is 3.74. The minimum Gasteiger partial charge on any atom is -0.355 e. The van der Waals surface area contributed by atoms with Crippen molar-refractivity contribution in [3.8, 4) is 0 Å². The van der Waals surface area contributed by atoms with E-state index in [1.54, 1.807) is 0 Å². The third kappa shape index (κ3) is 9.00. The summed E-state index contributed by atoms with van der Waals surface area (Å²) in [5.41, 5.74) is 5.72. The summed E-state index contributed by atoms with van der Waals surface area (Å²) in [4.78, 5) is 14.1. The highest BCUT2D eigenvalue weighted by atomic mass is 16.1. The number of rotatable bonds is 10. The molecule has 0 saturated heterocycles. The van der Waals surface area contributed by atoms with Crippen molar-refractivity contribution in [1.82, 2.24) is 10.2 Å². The summed E-state index contributed by atoms with van der Waals surface area (Å²) in [6.45, 7) is 10.9. The number of nitrogens with one attached hydrogen (secondary N) is 1. The zero-order chi connectivity index (χ0) is 14.8. The fourth-order valence-corrected chi connectivity index (χ4v) is 2.17. The maximum absolute atomic E-state index is 11.8. The van der Waals surface area contributed by atoms with Crippen molar-refractivity contribution in [2.75, 3.05) is 26.7 Å². The highest BCUT2D eigenvalue weighted by molar-refractivity contribution is 5.76. The van der Waals surface area contributed by atoms with Crippen LogP contribution in [0.15, 0.2) is 0 Å². The lowest BCUT2D eigenvalue weighted by Gasteiger charge is -2.23. The normalized spacial score (nSPS) is 14.7. The van der Waals surface area contributed by atoms with Gasteiger partial charge in [-0.3, -0.25) is 4.79 Å². The molecule has 0 saturated carbocycles. The molecular weight excluding hydrogens is 238 g/mol. The van der Waals surface area contributed by atoms with Crippen LogP contribution in [0.4, 0.5) is 0 Å². The fraction of sp³-hybridized carbons (Fsp3) is 0.933. The predicted molar refractivity (Wildman–Crippen MR) is 82.0 cm³/mol. The van der Waals surface area contributed by atoms with Crippen molar-refractivity contribution in [3.63, 3.8) is 0 Å². The zero-order valence-corrected chi connectivity index (χ0v) is 13.4. The van der Waals surface area contributed by atoms with E-state index < -0.39 is 0 Å². The molecule has 0 aliphatic rings. The van der Waals surface area contributed by atoms with Gasteiger partial charge in [0.2, 0.25) is 5.91 Å². The summed E-state index contributed by atoms with van der Waals surface area (Å²) < 4.78 is 0. The molecule has 0 aromatic heterocycles. The molecular formula is C15H33N3O. The molecule has 0 spiro atoms. The number of carbonyl (C=O) groups excluding carboxylic acids is 1. The van der Waals surface area contributed by atoms with E-state index in [0.29, 0.717) is 30.8 Å². The van der Waals surface area contributed by atoms with Crippen LogP contribution in [0.2, 0.25) is 0 Å².